The smallest absolute Gasteiger partial charge is 0.217 e. The number of ether oxygens (including phenoxy) is 23. The average molecular weight is 2080 g/mol. The van der Waals surface area contributed by atoms with E-state index in [2.05, 4.69) is 21.3 Å². The molecular formula is C80H134N4O58. The second kappa shape index (κ2) is 50.3. The maximum Gasteiger partial charge on any atom is 0.217 e. The molecule has 12 rings (SSSR count). The summed E-state index contributed by atoms with van der Waals surface area (Å²) < 4.78 is 139. The van der Waals surface area contributed by atoms with Crippen LogP contribution in [-0.4, -0.2) is 610 Å². The normalized spacial score (nSPS) is 50.9. The maximum absolute atomic E-state index is 13.9. The van der Waals surface area contributed by atoms with Gasteiger partial charge in [-0.15, -0.1) is 0 Å². The van der Waals surface area contributed by atoms with E-state index in [0.29, 0.717) is 0 Å². The Kier molecular flexibility index (Phi) is 41.2. The molecule has 142 heavy (non-hydrogen) atoms. The van der Waals surface area contributed by atoms with Crippen LogP contribution in [0.3, 0.4) is 0 Å². The van der Waals surface area contributed by atoms with E-state index in [1.54, 1.807) is 0 Å². The van der Waals surface area contributed by atoms with Crippen LogP contribution in [0.25, 0.3) is 0 Å². The zero-order valence-corrected chi connectivity index (χ0v) is 76.9. The van der Waals surface area contributed by atoms with E-state index in [1.807, 2.05) is 0 Å². The molecule has 0 spiro atoms. The van der Waals surface area contributed by atoms with Crippen LogP contribution in [0.4, 0.5) is 0 Å². The van der Waals surface area contributed by atoms with Gasteiger partial charge in [0.25, 0.3) is 0 Å². The largest absolute Gasteiger partial charge is 0.394 e. The highest BCUT2D eigenvalue weighted by molar-refractivity contribution is 5.74. The quantitative estimate of drug-likeness (QED) is 0.0280. The molecule has 12 fully saturated rings. The number of aliphatic hydroxyl groups is 31. The minimum Gasteiger partial charge on any atom is -0.394 e. The summed E-state index contributed by atoms with van der Waals surface area (Å²) >= 11 is 0. The van der Waals surface area contributed by atoms with Gasteiger partial charge in [-0.2, -0.15) is 0 Å². The van der Waals surface area contributed by atoms with Gasteiger partial charge in [0, 0.05) is 27.7 Å². The van der Waals surface area contributed by atoms with Crippen molar-refractivity contribution in [3.63, 3.8) is 0 Å². The summed E-state index contributed by atoms with van der Waals surface area (Å²) in [6, 6.07) is -8.36. The molecule has 0 saturated carbocycles. The first kappa shape index (κ1) is 116. The van der Waals surface area contributed by atoms with Crippen molar-refractivity contribution in [1.29, 1.82) is 0 Å². The Morgan fingerprint density at radius 2 is 0.430 bits per heavy atom. The lowest BCUT2D eigenvalue weighted by Crippen LogP contribution is -2.71. The van der Waals surface area contributed by atoms with Gasteiger partial charge in [0.15, 0.2) is 75.5 Å². The summed E-state index contributed by atoms with van der Waals surface area (Å²) in [6.07, 6.45) is -119. The van der Waals surface area contributed by atoms with Crippen LogP contribution < -0.4 is 21.3 Å². The van der Waals surface area contributed by atoms with Crippen molar-refractivity contribution in [3.8, 4) is 0 Å². The number of nitrogens with one attached hydrogen (secondary N) is 4. The highest BCUT2D eigenvalue weighted by atomic mass is 16.8. The molecular weight excluding hydrogens is 1940 g/mol. The summed E-state index contributed by atoms with van der Waals surface area (Å²) in [5.41, 5.74) is 0. The Labute approximate surface area is 805 Å². The Morgan fingerprint density at radius 1 is 0.197 bits per heavy atom. The van der Waals surface area contributed by atoms with Crippen molar-refractivity contribution in [2.75, 3.05) is 59.5 Å². The first-order valence-corrected chi connectivity index (χ1v) is 45.7. The van der Waals surface area contributed by atoms with Gasteiger partial charge in [-0.25, -0.2) is 0 Å². The monoisotopic (exact) mass is 2080 g/mol. The Hall–Kier alpha value is -4.28. The van der Waals surface area contributed by atoms with Crippen molar-refractivity contribution in [2.45, 2.75) is 417 Å². The number of carbonyl (C=O) groups excluding carboxylic acids is 4. The van der Waals surface area contributed by atoms with Crippen LogP contribution in [0.2, 0.25) is 0 Å². The standard InChI is InChI=1S/C80H134N4O58/c1-17-37(96)48(107)55(114)74(122-17)134-60-30(14-91)132-70(36(84-23(7)95)64(60)138-80-68(53(112)42(101)26(10-87)131-80)142-76-57(116)50(109)39(98)19(3)124-76)120-16-32-47(106)66(140-72-35(83-22(6)94)63(44(103)28(12-89)127-72)137-79-67(52(111)41(100)25(9-86)130-79)141-75-56(115)49(108)38(97)18(2)123-75)59(118)78(133-32)136-62-34(82-21(5)93)71(126-27(11-88)43(62)102)139-65-45(104)29(13-90)129-77(58(65)117)135-61-33(81-20(4)92)69(119)125-31(46(61)105)15-121-73-54(113)51(110)40(99)24(8-85)128-73/h17-19,24-80,85-91,96-119H,8-16H2,1-7H3,(H,81,92)(H,82,93)(H,83,94)(H,84,95)/t17-,18-,19-,24+,25+,26+,27+,28+,29+,30+,31+,32+,33+,34+,35+,36+,37+,38+,39+,40-,41-,42-,43+,44+,45-,46-,47-,48+,49+,50+,51-,52-,53-,54+,55-,56-,57-,58+,59+,60+,61+,62+,63+,64+,65-,66-,67+,68+,69?,70+,71-,72-,73+,74-,75-,76-,77-,78-,79-,80-/m0/s1. The average Bonchev–Trinajstić information content (AvgIpc) is 0.765. The third-order valence-electron chi connectivity index (χ3n) is 26.6. The van der Waals surface area contributed by atoms with Crippen molar-refractivity contribution < 1.29 is 286 Å². The molecule has 62 heteroatoms. The van der Waals surface area contributed by atoms with E-state index in [-0.39, 0.29) is 0 Å². The lowest BCUT2D eigenvalue weighted by Gasteiger charge is -2.52. The van der Waals surface area contributed by atoms with Crippen molar-refractivity contribution in [1.82, 2.24) is 21.3 Å². The molecule has 12 saturated heterocycles. The summed E-state index contributed by atoms with van der Waals surface area (Å²) in [5.74, 6) is -4.19. The molecule has 822 valence electrons. The van der Waals surface area contributed by atoms with Gasteiger partial charge in [0.05, 0.1) is 77.8 Å². The summed E-state index contributed by atoms with van der Waals surface area (Å²) in [7, 11) is 0. The van der Waals surface area contributed by atoms with E-state index < -0.39 is 451 Å². The Balaban J connectivity index is 0.914. The fraction of sp³-hybridized carbons (Fsp3) is 0.950. The Bertz CT molecular complexity index is 3940. The van der Waals surface area contributed by atoms with E-state index in [9.17, 15) is 177 Å². The molecule has 4 amide bonds. The van der Waals surface area contributed by atoms with Crippen molar-refractivity contribution in [3.05, 3.63) is 0 Å². The number of amides is 4. The predicted octanol–water partition coefficient (Wildman–Crippen LogP) is -23.5. The van der Waals surface area contributed by atoms with E-state index in [4.69, 9.17) is 109 Å². The fourth-order valence-corrected chi connectivity index (χ4v) is 18.6. The van der Waals surface area contributed by atoms with Crippen LogP contribution in [-0.2, 0) is 128 Å². The van der Waals surface area contributed by atoms with E-state index in [0.717, 1.165) is 27.7 Å². The second-order valence-electron chi connectivity index (χ2n) is 36.6. The van der Waals surface area contributed by atoms with Gasteiger partial charge in [0.2, 0.25) is 23.6 Å². The van der Waals surface area contributed by atoms with Crippen LogP contribution in [0.1, 0.15) is 48.5 Å². The molecule has 1 unspecified atom stereocenters. The number of rotatable bonds is 35. The zero-order valence-electron chi connectivity index (χ0n) is 76.9. The minimum absolute atomic E-state index is 0.852. The molecule has 0 aromatic rings. The lowest BCUT2D eigenvalue weighted by molar-refractivity contribution is -0.396. The third-order valence-corrected chi connectivity index (χ3v) is 26.6. The first-order chi connectivity index (χ1) is 67.1. The molecule has 12 heterocycles. The first-order valence-electron chi connectivity index (χ1n) is 45.7. The molecule has 12 aliphatic heterocycles. The van der Waals surface area contributed by atoms with Crippen LogP contribution in [0.15, 0.2) is 0 Å². The number of hydrogen-bond donors (Lipinski definition) is 35. The molecule has 12 aliphatic rings. The fourth-order valence-electron chi connectivity index (χ4n) is 18.6. The molecule has 62 nitrogen and oxygen atoms in total. The van der Waals surface area contributed by atoms with Crippen molar-refractivity contribution in [2.24, 2.45) is 0 Å². The zero-order chi connectivity index (χ0) is 104. The lowest BCUT2D eigenvalue weighted by atomic mass is 9.93. The van der Waals surface area contributed by atoms with E-state index >= 15 is 0 Å². The highest BCUT2D eigenvalue weighted by Gasteiger charge is 2.64. The molecule has 0 aromatic heterocycles. The highest BCUT2D eigenvalue weighted by Crippen LogP contribution is 2.43. The SMILES string of the molecule is CC(=O)N[C@H]1[C@H](OC[C@H]2O[C@@H](O[C@H]3[C@H](O)[C@@H](CO)O[C@@H](O[C@H]4[C@@H](O)[C@@H](CO)O[C@@H](O[C@H]5[C@@H](O)[C@@H](CO[C@@H]6O[C@H](CO)[C@H](O)[C@H](O)[C@H]6O)OC(O)[C@@H]5NC(C)=O)[C@@H]4O)[C@@H]3NC(C)=O)[C@H](O)[C@@H](O[C@@H]3O[C@H](CO)[C@@H](O)[C@H](O[C@@H]4O[C@H](CO)[C@H](O)[C@H](O)[C@H]4O[C@@H]4O[C@@H](C)[C@@H](O)[C@@H](O)[C@@H]4O)[C@H]3NC(C)=O)[C@H]2O)O[C@H](CO)[C@@H](O[C@@H]2O[C@@H](C)[C@@H](O)[C@@H](O)[C@@H]2O)[C@@H]1O[C@@H]1O[C@H](CO)[C@H](O)[C@H](O)[C@H]1O[C@@H]1O[C@@H](C)[C@@H](O)[C@@H](O)[C@@H]1O. The Morgan fingerprint density at radius 3 is 0.810 bits per heavy atom. The molecule has 0 aliphatic carbocycles. The number of hydrogen-bond acceptors (Lipinski definition) is 58. The molecule has 0 aromatic carbocycles. The molecule has 35 N–H and O–H groups in total. The second-order valence-corrected chi connectivity index (χ2v) is 36.6. The van der Waals surface area contributed by atoms with Crippen LogP contribution in [0, 0.1) is 0 Å². The van der Waals surface area contributed by atoms with Gasteiger partial charge >= 0.3 is 0 Å². The van der Waals surface area contributed by atoms with Gasteiger partial charge in [0.1, 0.15) is 274 Å². The van der Waals surface area contributed by atoms with Gasteiger partial charge in [-0.1, -0.05) is 0 Å². The predicted molar refractivity (Wildman–Crippen MR) is 437 cm³/mol. The minimum atomic E-state index is -2.74. The van der Waals surface area contributed by atoms with E-state index in [1.165, 1.54) is 20.8 Å². The van der Waals surface area contributed by atoms with Gasteiger partial charge in [-0.05, 0) is 20.8 Å². The molecule has 60 atom stereocenters. The van der Waals surface area contributed by atoms with Crippen LogP contribution in [0.5, 0.6) is 0 Å². The van der Waals surface area contributed by atoms with Gasteiger partial charge in [-0.3, -0.25) is 19.2 Å². The molecule has 0 bridgehead atoms. The number of carbonyl (C=O) groups is 4. The summed E-state index contributed by atoms with van der Waals surface area (Å²) in [5, 5.41) is 360. The number of aliphatic hydroxyl groups excluding tert-OH is 31. The van der Waals surface area contributed by atoms with Crippen molar-refractivity contribution >= 4 is 23.6 Å². The summed E-state index contributed by atoms with van der Waals surface area (Å²) in [6.45, 7) is -3.29. The topological polar surface area (TPSA) is 956 Å². The maximum atomic E-state index is 13.9. The van der Waals surface area contributed by atoms with Crippen LogP contribution >= 0.6 is 0 Å². The third kappa shape index (κ3) is 25.4. The molecule has 0 radical (unpaired) electrons. The van der Waals surface area contributed by atoms with Gasteiger partial charge < -0.3 is 289 Å². The summed E-state index contributed by atoms with van der Waals surface area (Å²) in [4.78, 5) is 54.1.